The van der Waals surface area contributed by atoms with Crippen LogP contribution in [0.1, 0.15) is 309 Å². The standard InChI is InChI=1S/C80H137NO8/c1-6-8-10-12-14-16-18-20-22-24-26-28-30-32-33-34-35-36-37-38-39-40-41-42-43-44-45-47-49-51-53-55-57-59-61-63-65-67-69-71-78(83)89-76(75-88-80(79(84)85)86-73-72-81(3,4)5)74-87-77(82)70-68-66-64-62-60-58-56-54-52-50-48-46-31-29-27-25-23-21-19-17-15-13-11-9-7-2/h8,10,14,16,19-22,25-28,31-33,35-36,38-39,46,76,80H,6-7,9,11-13,15,17-18,23-24,29-30,34,37,40-45,47-75H2,1-5H3/b10-8-,16-14-,21-19-,22-20-,27-25-,28-26-,33-32-,36-35-,39-38-,46-31-. The lowest BCUT2D eigenvalue weighted by atomic mass is 10.0. The van der Waals surface area contributed by atoms with E-state index in [2.05, 4.69) is 135 Å². The largest absolute Gasteiger partial charge is 0.545 e. The number of hydrogen-bond donors (Lipinski definition) is 0. The number of unbranched alkanes of at least 4 members (excludes halogenated alkanes) is 32. The van der Waals surface area contributed by atoms with Gasteiger partial charge < -0.3 is 33.3 Å². The maximum absolute atomic E-state index is 13.0. The molecule has 89 heavy (non-hydrogen) atoms. The van der Waals surface area contributed by atoms with E-state index in [1.807, 2.05) is 21.1 Å². The van der Waals surface area contributed by atoms with E-state index in [9.17, 15) is 19.5 Å². The van der Waals surface area contributed by atoms with Crippen molar-refractivity contribution in [3.05, 3.63) is 122 Å². The Kier molecular flexibility index (Phi) is 66.2. The van der Waals surface area contributed by atoms with Gasteiger partial charge in [0.1, 0.15) is 13.2 Å². The zero-order valence-electron chi connectivity index (χ0n) is 58.3. The predicted octanol–water partition coefficient (Wildman–Crippen LogP) is 21.8. The van der Waals surface area contributed by atoms with Crippen LogP contribution in [0.2, 0.25) is 0 Å². The van der Waals surface area contributed by atoms with Crippen LogP contribution in [0.3, 0.4) is 0 Å². The Balaban J connectivity index is 4.08. The van der Waals surface area contributed by atoms with E-state index >= 15 is 0 Å². The second kappa shape index (κ2) is 69.6. The Bertz CT molecular complexity index is 1880. The summed E-state index contributed by atoms with van der Waals surface area (Å²) in [6.07, 6.45) is 95.7. The van der Waals surface area contributed by atoms with Crippen molar-refractivity contribution in [2.75, 3.05) is 47.5 Å². The highest BCUT2D eigenvalue weighted by Gasteiger charge is 2.22. The Morgan fingerprint density at radius 3 is 0.955 bits per heavy atom. The molecular weight excluding hydrogens is 1100 g/mol. The molecule has 0 amide bonds. The zero-order valence-corrected chi connectivity index (χ0v) is 58.3. The second-order valence-electron chi connectivity index (χ2n) is 25.5. The van der Waals surface area contributed by atoms with Crippen molar-refractivity contribution in [1.29, 1.82) is 0 Å². The molecule has 0 saturated carbocycles. The third-order valence-corrected chi connectivity index (χ3v) is 15.7. The van der Waals surface area contributed by atoms with Crippen LogP contribution in [0.4, 0.5) is 0 Å². The van der Waals surface area contributed by atoms with Crippen LogP contribution in [0.5, 0.6) is 0 Å². The first-order chi connectivity index (χ1) is 43.6. The Hall–Kier alpha value is -4.31. The summed E-state index contributed by atoms with van der Waals surface area (Å²) in [4.78, 5) is 37.5. The first-order valence-corrected chi connectivity index (χ1v) is 36.7. The molecule has 0 fully saturated rings. The van der Waals surface area contributed by atoms with E-state index in [0.29, 0.717) is 17.4 Å². The van der Waals surface area contributed by atoms with Gasteiger partial charge in [0.25, 0.3) is 0 Å². The molecule has 0 bridgehead atoms. The molecule has 0 aliphatic carbocycles. The topological polar surface area (TPSA) is 111 Å². The van der Waals surface area contributed by atoms with E-state index in [4.69, 9.17) is 18.9 Å². The molecule has 510 valence electrons. The molecule has 2 unspecified atom stereocenters. The van der Waals surface area contributed by atoms with Gasteiger partial charge in [0.2, 0.25) is 0 Å². The number of carboxylic acid groups (broad SMARTS) is 1. The lowest BCUT2D eigenvalue weighted by Gasteiger charge is -2.26. The summed E-state index contributed by atoms with van der Waals surface area (Å²) >= 11 is 0. The van der Waals surface area contributed by atoms with Gasteiger partial charge in [-0.25, -0.2) is 0 Å². The SMILES string of the molecule is CC/C=C\C/C=C\C/C=C\C/C=C\C/C=C\C/C=C\C/C=C\CCCCCCCCCCCCCCCCCCCC(=O)OC(COC(=O)CCCCCCCCCCCC/C=C\C/C=C\C/C=C\CCCCCCC)COC(OCC[N+](C)(C)C)C(=O)[O-]. The van der Waals surface area contributed by atoms with Crippen LogP contribution in [0.15, 0.2) is 122 Å². The van der Waals surface area contributed by atoms with Crippen LogP contribution in [0, 0.1) is 0 Å². The Morgan fingerprint density at radius 2 is 0.640 bits per heavy atom. The summed E-state index contributed by atoms with van der Waals surface area (Å²) in [6, 6.07) is 0. The maximum Gasteiger partial charge on any atom is 0.306 e. The molecule has 0 spiro atoms. The quantitative estimate of drug-likeness (QED) is 0.0195. The Morgan fingerprint density at radius 1 is 0.348 bits per heavy atom. The highest BCUT2D eigenvalue weighted by Crippen LogP contribution is 2.17. The van der Waals surface area contributed by atoms with Crippen molar-refractivity contribution in [2.45, 2.75) is 322 Å². The van der Waals surface area contributed by atoms with E-state index in [1.54, 1.807) is 0 Å². The molecule has 2 atom stereocenters. The minimum Gasteiger partial charge on any atom is -0.545 e. The van der Waals surface area contributed by atoms with Crippen LogP contribution in [-0.4, -0.2) is 82.3 Å². The van der Waals surface area contributed by atoms with Crippen LogP contribution < -0.4 is 5.11 Å². The highest BCUT2D eigenvalue weighted by atomic mass is 16.7. The van der Waals surface area contributed by atoms with E-state index in [-0.39, 0.29) is 38.6 Å². The molecule has 0 aromatic heterocycles. The number of nitrogens with zero attached hydrogens (tertiary/aromatic N) is 1. The number of aliphatic carboxylic acids is 1. The fourth-order valence-electron chi connectivity index (χ4n) is 10.1. The van der Waals surface area contributed by atoms with Crippen molar-refractivity contribution in [3.63, 3.8) is 0 Å². The van der Waals surface area contributed by atoms with Crippen molar-refractivity contribution in [2.24, 2.45) is 0 Å². The average Bonchev–Trinajstić information content (AvgIpc) is 3.64. The molecule has 0 aromatic rings. The monoisotopic (exact) mass is 1240 g/mol. The summed E-state index contributed by atoms with van der Waals surface area (Å²) in [5, 5.41) is 11.8. The number of esters is 2. The number of quaternary nitrogens is 1. The normalized spacial score (nSPS) is 13.4. The summed E-state index contributed by atoms with van der Waals surface area (Å²) in [5.74, 6) is -2.28. The first-order valence-electron chi connectivity index (χ1n) is 36.7. The predicted molar refractivity (Wildman–Crippen MR) is 380 cm³/mol. The lowest BCUT2D eigenvalue weighted by molar-refractivity contribution is -0.870. The van der Waals surface area contributed by atoms with Gasteiger partial charge in [0, 0.05) is 12.8 Å². The van der Waals surface area contributed by atoms with Crippen LogP contribution >= 0.6 is 0 Å². The van der Waals surface area contributed by atoms with Crippen molar-refractivity contribution in [3.8, 4) is 0 Å². The minimum absolute atomic E-state index is 0.144. The number of carboxylic acids is 1. The van der Waals surface area contributed by atoms with Crippen molar-refractivity contribution >= 4 is 17.9 Å². The Labute approximate surface area is 548 Å². The fraction of sp³-hybridized carbons (Fsp3) is 0.713. The van der Waals surface area contributed by atoms with Gasteiger partial charge in [0.15, 0.2) is 12.4 Å². The first kappa shape index (κ1) is 84.7. The van der Waals surface area contributed by atoms with Crippen LogP contribution in [-0.2, 0) is 33.3 Å². The summed E-state index contributed by atoms with van der Waals surface area (Å²) in [5.41, 5.74) is 0. The van der Waals surface area contributed by atoms with Gasteiger partial charge in [-0.15, -0.1) is 0 Å². The summed E-state index contributed by atoms with van der Waals surface area (Å²) in [7, 11) is 5.93. The molecular formula is C80H137NO8. The number of carbonyl (C=O) groups is 3. The molecule has 0 aliphatic heterocycles. The third-order valence-electron chi connectivity index (χ3n) is 15.7. The number of rotatable bonds is 67. The molecule has 0 heterocycles. The van der Waals surface area contributed by atoms with E-state index in [0.717, 1.165) is 96.3 Å². The molecule has 0 radical (unpaired) electrons. The molecule has 0 saturated heterocycles. The second-order valence-corrected chi connectivity index (χ2v) is 25.5. The van der Waals surface area contributed by atoms with Gasteiger partial charge in [-0.1, -0.05) is 309 Å². The fourth-order valence-corrected chi connectivity index (χ4v) is 10.1. The molecule has 0 N–H and O–H groups in total. The number of carbonyl (C=O) groups excluding carboxylic acids is 3. The van der Waals surface area contributed by atoms with Gasteiger partial charge in [0.05, 0.1) is 40.3 Å². The smallest absolute Gasteiger partial charge is 0.306 e. The van der Waals surface area contributed by atoms with Crippen molar-refractivity contribution < 1.29 is 42.9 Å². The third kappa shape index (κ3) is 71.0. The molecule has 0 aliphatic rings. The zero-order chi connectivity index (χ0) is 64.7. The number of likely N-dealkylation sites (N-methyl/N-ethyl adjacent to an activating group) is 1. The van der Waals surface area contributed by atoms with Gasteiger partial charge in [-0.3, -0.25) is 9.59 Å². The summed E-state index contributed by atoms with van der Waals surface area (Å²) < 4.78 is 22.8. The van der Waals surface area contributed by atoms with Gasteiger partial charge >= 0.3 is 11.9 Å². The number of hydrogen-bond acceptors (Lipinski definition) is 8. The maximum atomic E-state index is 13.0. The number of ether oxygens (including phenoxy) is 4. The highest BCUT2D eigenvalue weighted by molar-refractivity contribution is 5.70. The lowest BCUT2D eigenvalue weighted by Crippen LogP contribution is -2.44. The average molecular weight is 1240 g/mol. The number of allylic oxidation sites excluding steroid dienone is 20. The van der Waals surface area contributed by atoms with Crippen LogP contribution in [0.25, 0.3) is 0 Å². The van der Waals surface area contributed by atoms with Gasteiger partial charge in [-0.05, 0) is 109 Å². The molecule has 0 aromatic carbocycles. The molecule has 9 heteroatoms. The van der Waals surface area contributed by atoms with Crippen molar-refractivity contribution in [1.82, 2.24) is 0 Å². The minimum atomic E-state index is -1.63. The van der Waals surface area contributed by atoms with E-state index in [1.165, 1.54) is 180 Å². The summed E-state index contributed by atoms with van der Waals surface area (Å²) in [6.45, 7) is 4.64. The molecule has 0 rings (SSSR count). The van der Waals surface area contributed by atoms with E-state index < -0.39 is 24.3 Å². The molecule has 9 nitrogen and oxygen atoms in total. The van der Waals surface area contributed by atoms with Gasteiger partial charge in [-0.2, -0.15) is 0 Å².